The van der Waals surface area contributed by atoms with E-state index >= 15 is 0 Å². The Morgan fingerprint density at radius 2 is 1.90 bits per heavy atom. The van der Waals surface area contributed by atoms with Gasteiger partial charge in [-0.3, -0.25) is 9.59 Å². The van der Waals surface area contributed by atoms with Gasteiger partial charge in [0.1, 0.15) is 11.6 Å². The molecule has 0 atom stereocenters. The molecule has 0 aromatic heterocycles. The zero-order valence-corrected chi connectivity index (χ0v) is 17.3. The molecule has 2 amide bonds. The lowest BCUT2D eigenvalue weighted by Crippen LogP contribution is -2.29. The lowest BCUT2D eigenvalue weighted by molar-refractivity contribution is -0.123. The highest BCUT2D eigenvalue weighted by atomic mass is 35.5. The van der Waals surface area contributed by atoms with Gasteiger partial charge < -0.3 is 20.1 Å². The van der Waals surface area contributed by atoms with E-state index in [0.29, 0.717) is 11.3 Å². The van der Waals surface area contributed by atoms with Gasteiger partial charge in [-0.15, -0.1) is 0 Å². The van der Waals surface area contributed by atoms with Crippen LogP contribution in [0.15, 0.2) is 67.1 Å². The lowest BCUT2D eigenvalue weighted by Gasteiger charge is -2.10. The highest BCUT2D eigenvalue weighted by molar-refractivity contribution is 6.30. The fraction of sp³-hybridized carbons (Fsp3) is 0.238. The van der Waals surface area contributed by atoms with Gasteiger partial charge >= 0.3 is 6.61 Å². The molecule has 0 heterocycles. The van der Waals surface area contributed by atoms with Gasteiger partial charge in [0.15, 0.2) is 6.61 Å². The SMILES string of the molecule is C=C(/C=C\C=C\OC(F)F)CNC(=O)CCC(=C)NC(=O)COc1ccc(Cl)c(F)c1. The summed E-state index contributed by atoms with van der Waals surface area (Å²) in [6, 6.07) is 3.80. The van der Waals surface area contributed by atoms with Crippen molar-refractivity contribution in [3.05, 3.63) is 78.0 Å². The second kappa shape index (κ2) is 13.9. The van der Waals surface area contributed by atoms with Gasteiger partial charge in [0, 0.05) is 24.7 Å². The zero-order chi connectivity index (χ0) is 23.2. The molecule has 0 saturated carbocycles. The summed E-state index contributed by atoms with van der Waals surface area (Å²) in [4.78, 5) is 23.7. The third-order valence-electron chi connectivity index (χ3n) is 3.45. The van der Waals surface area contributed by atoms with Crippen LogP contribution in [0.5, 0.6) is 5.75 Å². The van der Waals surface area contributed by atoms with Gasteiger partial charge in [0.25, 0.3) is 5.91 Å². The number of benzene rings is 1. The van der Waals surface area contributed by atoms with E-state index in [4.69, 9.17) is 16.3 Å². The number of halogens is 4. The monoisotopic (exact) mass is 458 g/mol. The summed E-state index contributed by atoms with van der Waals surface area (Å²) >= 11 is 5.56. The maximum Gasteiger partial charge on any atom is 0.386 e. The number of hydrogen-bond donors (Lipinski definition) is 2. The summed E-state index contributed by atoms with van der Waals surface area (Å²) in [6.45, 7) is 4.28. The number of allylic oxidation sites excluding steroid dienone is 3. The van der Waals surface area contributed by atoms with E-state index in [2.05, 4.69) is 28.5 Å². The van der Waals surface area contributed by atoms with Crippen molar-refractivity contribution in [2.75, 3.05) is 13.2 Å². The van der Waals surface area contributed by atoms with Crippen molar-refractivity contribution in [2.24, 2.45) is 0 Å². The van der Waals surface area contributed by atoms with E-state index in [9.17, 15) is 22.8 Å². The van der Waals surface area contributed by atoms with Crippen LogP contribution in [-0.2, 0) is 14.3 Å². The summed E-state index contributed by atoms with van der Waals surface area (Å²) in [5.41, 5.74) is 0.854. The molecule has 6 nitrogen and oxygen atoms in total. The predicted octanol–water partition coefficient (Wildman–Crippen LogP) is 4.25. The molecule has 1 rings (SSSR count). The smallest absolute Gasteiger partial charge is 0.386 e. The van der Waals surface area contributed by atoms with Crippen LogP contribution in [0.25, 0.3) is 0 Å². The van der Waals surface area contributed by atoms with Gasteiger partial charge in [-0.2, -0.15) is 8.78 Å². The third-order valence-corrected chi connectivity index (χ3v) is 3.75. The molecule has 168 valence electrons. The summed E-state index contributed by atoms with van der Waals surface area (Å²) < 4.78 is 45.9. The van der Waals surface area contributed by atoms with Gasteiger partial charge in [-0.1, -0.05) is 36.9 Å². The van der Waals surface area contributed by atoms with Crippen LogP contribution >= 0.6 is 11.6 Å². The predicted molar refractivity (Wildman–Crippen MR) is 111 cm³/mol. The minimum absolute atomic E-state index is 0.0562. The van der Waals surface area contributed by atoms with Crippen LogP contribution in [0.4, 0.5) is 13.2 Å². The maximum atomic E-state index is 13.3. The molecular weight excluding hydrogens is 437 g/mol. The first-order chi connectivity index (χ1) is 14.7. The Bertz CT molecular complexity index is 857. The number of ether oxygens (including phenoxy) is 2. The van der Waals surface area contributed by atoms with Crippen LogP contribution in [-0.4, -0.2) is 31.6 Å². The minimum atomic E-state index is -2.88. The average Bonchev–Trinajstić information content (AvgIpc) is 2.71. The number of amides is 2. The number of carbonyl (C=O) groups is 2. The summed E-state index contributed by atoms with van der Waals surface area (Å²) in [5, 5.41) is 5.05. The van der Waals surface area contributed by atoms with Crippen molar-refractivity contribution in [3.63, 3.8) is 0 Å². The molecular formula is C21H22ClF3N2O4. The molecule has 0 radical (unpaired) electrons. The fourth-order valence-electron chi connectivity index (χ4n) is 1.98. The third kappa shape index (κ3) is 12.2. The van der Waals surface area contributed by atoms with E-state index in [1.54, 1.807) is 0 Å². The van der Waals surface area contributed by atoms with Crippen molar-refractivity contribution >= 4 is 23.4 Å². The minimum Gasteiger partial charge on any atom is -0.484 e. The molecule has 31 heavy (non-hydrogen) atoms. The maximum absolute atomic E-state index is 13.3. The number of alkyl halides is 2. The molecule has 2 N–H and O–H groups in total. The van der Waals surface area contributed by atoms with Crippen LogP contribution in [0.1, 0.15) is 12.8 Å². The van der Waals surface area contributed by atoms with Gasteiger partial charge in [-0.25, -0.2) is 4.39 Å². The molecule has 0 fully saturated rings. The van der Waals surface area contributed by atoms with E-state index in [0.717, 1.165) is 12.3 Å². The Kier molecular flexibility index (Phi) is 11.6. The Morgan fingerprint density at radius 1 is 1.16 bits per heavy atom. The second-order valence-electron chi connectivity index (χ2n) is 6.04. The molecule has 1 aromatic carbocycles. The summed E-state index contributed by atoms with van der Waals surface area (Å²) in [6.07, 6.45) is 5.33. The van der Waals surface area contributed by atoms with Gasteiger partial charge in [0.2, 0.25) is 5.91 Å². The molecule has 0 aliphatic carbocycles. The molecule has 0 aliphatic heterocycles. The molecule has 0 unspecified atom stereocenters. The average molecular weight is 459 g/mol. The van der Waals surface area contributed by atoms with Gasteiger partial charge in [0.05, 0.1) is 11.3 Å². The number of nitrogens with one attached hydrogen (secondary N) is 2. The molecule has 0 aliphatic rings. The first-order valence-electron chi connectivity index (χ1n) is 8.94. The Morgan fingerprint density at radius 3 is 2.58 bits per heavy atom. The van der Waals surface area contributed by atoms with E-state index in [1.807, 2.05) is 0 Å². The molecule has 0 bridgehead atoms. The molecule has 1 aromatic rings. The largest absolute Gasteiger partial charge is 0.484 e. The number of hydrogen-bond acceptors (Lipinski definition) is 4. The summed E-state index contributed by atoms with van der Waals surface area (Å²) in [7, 11) is 0. The van der Waals surface area contributed by atoms with Crippen LogP contribution < -0.4 is 15.4 Å². The summed E-state index contributed by atoms with van der Waals surface area (Å²) in [5.74, 6) is -1.32. The molecule has 0 saturated heterocycles. The van der Waals surface area contributed by atoms with Crippen LogP contribution in [0.2, 0.25) is 5.02 Å². The van der Waals surface area contributed by atoms with Crippen molar-refractivity contribution in [3.8, 4) is 5.75 Å². The first-order valence-corrected chi connectivity index (χ1v) is 9.32. The number of rotatable bonds is 13. The lowest BCUT2D eigenvalue weighted by atomic mass is 10.2. The van der Waals surface area contributed by atoms with Crippen molar-refractivity contribution in [1.29, 1.82) is 0 Å². The van der Waals surface area contributed by atoms with E-state index < -0.39 is 18.3 Å². The Labute approximate surface area is 183 Å². The zero-order valence-electron chi connectivity index (χ0n) is 16.5. The Balaban J connectivity index is 2.22. The van der Waals surface area contributed by atoms with Crippen LogP contribution in [0.3, 0.4) is 0 Å². The van der Waals surface area contributed by atoms with E-state index in [1.165, 1.54) is 30.4 Å². The van der Waals surface area contributed by atoms with Crippen molar-refractivity contribution in [1.82, 2.24) is 10.6 Å². The van der Waals surface area contributed by atoms with Crippen molar-refractivity contribution in [2.45, 2.75) is 19.5 Å². The second-order valence-corrected chi connectivity index (χ2v) is 6.44. The topological polar surface area (TPSA) is 76.7 Å². The highest BCUT2D eigenvalue weighted by Gasteiger charge is 2.08. The van der Waals surface area contributed by atoms with Crippen LogP contribution in [0, 0.1) is 5.82 Å². The standard InChI is InChI=1S/C21H22ClF3N2O4/c1-14(5-3-4-10-30-21(24)25)12-26-19(28)9-6-15(2)27-20(29)13-31-16-7-8-17(22)18(23)11-16/h3-5,7-8,10-11,21H,1-2,6,9,12-13H2,(H,26,28)(H,27,29)/b5-3-,10-4+. The van der Waals surface area contributed by atoms with E-state index in [-0.39, 0.29) is 42.7 Å². The van der Waals surface area contributed by atoms with Gasteiger partial charge in [-0.05, 0) is 30.2 Å². The molecule has 10 heteroatoms. The molecule has 0 spiro atoms. The van der Waals surface area contributed by atoms with Crippen molar-refractivity contribution < 1.29 is 32.2 Å². The Hall–Kier alpha value is -3.20. The fourth-order valence-corrected chi connectivity index (χ4v) is 2.09. The first kappa shape index (κ1) is 25.8. The quantitative estimate of drug-likeness (QED) is 0.342. The normalized spacial score (nSPS) is 11.0. The highest BCUT2D eigenvalue weighted by Crippen LogP contribution is 2.20. The number of carbonyl (C=O) groups excluding carboxylic acids is 2.